The Hall–Kier alpha value is 1.48. The second-order valence-corrected chi connectivity index (χ2v) is 5.20. The Balaban J connectivity index is -0.00000000450. The van der Waals surface area contributed by atoms with Crippen molar-refractivity contribution in [1.82, 2.24) is 0 Å². The van der Waals surface area contributed by atoms with Crippen molar-refractivity contribution in [3.05, 3.63) is 0 Å². The molecule has 6 heteroatoms. The molecule has 9 heavy (non-hydrogen) atoms. The molecule has 0 N–H and O–H groups in total. The van der Waals surface area contributed by atoms with Crippen LogP contribution in [0.2, 0.25) is 17.4 Å². The molecule has 0 aromatic heterocycles. The zero-order valence-corrected chi connectivity index (χ0v) is 9.42. The molecule has 0 saturated heterocycles. The van der Waals surface area contributed by atoms with Crippen LogP contribution in [0.25, 0.3) is 0 Å². The van der Waals surface area contributed by atoms with Gasteiger partial charge in [-0.05, 0) is 0 Å². The zero-order valence-electron chi connectivity index (χ0n) is 5.96. The summed E-state index contributed by atoms with van der Waals surface area (Å²) in [6, 6.07) is 0. The molecular formula is C3H9Al3O3. The van der Waals surface area contributed by atoms with Crippen LogP contribution in [0.5, 0.6) is 0 Å². The van der Waals surface area contributed by atoms with Crippen molar-refractivity contribution < 1.29 is 16.4 Å². The molecule has 0 bridgehead atoms. The molecule has 0 unspecified atom stereocenters. The molecule has 0 aliphatic carbocycles. The van der Waals surface area contributed by atoms with Crippen LogP contribution in [0.3, 0.4) is 0 Å². The van der Waals surface area contributed by atoms with Gasteiger partial charge in [0.25, 0.3) is 14.1 Å². The Labute approximate surface area is 82.4 Å². The number of hydrogen-bond acceptors (Lipinski definition) is 0. The van der Waals surface area contributed by atoms with E-state index in [0.29, 0.717) is 0 Å². The Morgan fingerprint density at radius 2 is 0.667 bits per heavy atom. The first-order chi connectivity index (χ1) is 1.73. The topological polar surface area (TPSA) is 85.5 Å². The van der Waals surface area contributed by atoms with Gasteiger partial charge >= 0.3 is 34.7 Å². The van der Waals surface area contributed by atoms with E-state index in [2.05, 4.69) is 17.4 Å². The molecule has 0 rings (SSSR count). The second kappa shape index (κ2) is 34.0. The molecule has 0 aliphatic rings. The van der Waals surface area contributed by atoms with Gasteiger partial charge in [0.2, 0.25) is 0 Å². The Bertz CT molecular complexity index is 19.0. The van der Waals surface area contributed by atoms with Gasteiger partial charge in [-0.25, -0.2) is 0 Å². The van der Waals surface area contributed by atoms with Gasteiger partial charge in [0.1, 0.15) is 0 Å². The minimum Gasteiger partial charge on any atom is -2.00 e. The molecule has 0 aliphatic heterocycles. The summed E-state index contributed by atoms with van der Waals surface area (Å²) in [6.07, 6.45) is 0. The van der Waals surface area contributed by atoms with Crippen LogP contribution in [0.1, 0.15) is 0 Å². The van der Waals surface area contributed by atoms with E-state index >= 15 is 0 Å². The second-order valence-electron chi connectivity index (χ2n) is 1.73. The normalized spacial score (nSPS) is 3.00. The molecule has 0 heterocycles. The van der Waals surface area contributed by atoms with Gasteiger partial charge in [0.15, 0.2) is 0 Å². The van der Waals surface area contributed by atoms with E-state index in [1.54, 1.807) is 0 Å². The monoisotopic (exact) mass is 174 g/mol. The third-order valence-electron chi connectivity index (χ3n) is 0. The number of rotatable bonds is 0. The van der Waals surface area contributed by atoms with Crippen molar-refractivity contribution in [2.24, 2.45) is 0 Å². The first-order valence-corrected chi connectivity index (χ1v) is 5.20. The van der Waals surface area contributed by atoms with Crippen LogP contribution in [-0.2, 0) is 16.4 Å². The van der Waals surface area contributed by atoms with Crippen LogP contribution in [0.4, 0.5) is 0 Å². The standard InChI is InChI=1S/3CH3.3Al.3O/h3*1H3;;;;;;/q;;;;2*+3;3*-2. The van der Waals surface area contributed by atoms with Crippen LogP contribution in [0, 0.1) is 0 Å². The smallest absolute Gasteiger partial charge is 2.00 e. The summed E-state index contributed by atoms with van der Waals surface area (Å²) in [5.41, 5.74) is 0. The van der Waals surface area contributed by atoms with E-state index in [-0.39, 0.29) is 65.3 Å². The van der Waals surface area contributed by atoms with Crippen LogP contribution < -0.4 is 0 Å². The van der Waals surface area contributed by atoms with Crippen LogP contribution >= 0.6 is 0 Å². The fourth-order valence-corrected chi connectivity index (χ4v) is 0. The van der Waals surface area contributed by atoms with Crippen LogP contribution in [-0.4, -0.2) is 48.9 Å². The Kier molecular flexibility index (Phi) is 177. The van der Waals surface area contributed by atoms with Crippen molar-refractivity contribution in [3.63, 3.8) is 0 Å². The summed E-state index contributed by atoms with van der Waals surface area (Å²) < 4.78 is 0. The van der Waals surface area contributed by atoms with Crippen molar-refractivity contribution in [3.8, 4) is 0 Å². The molecule has 48 valence electrons. The molecule has 0 aromatic carbocycles. The van der Waals surface area contributed by atoms with Crippen molar-refractivity contribution in [2.45, 2.75) is 17.4 Å². The molecule has 0 radical (unpaired) electrons. The molecule has 0 spiro atoms. The van der Waals surface area contributed by atoms with Gasteiger partial charge < -0.3 is 16.4 Å². The summed E-state index contributed by atoms with van der Waals surface area (Å²) in [5.74, 6) is 6.92. The third-order valence-corrected chi connectivity index (χ3v) is 0. The van der Waals surface area contributed by atoms with Gasteiger partial charge in [-0.2, -0.15) is 0 Å². The predicted molar refractivity (Wildman–Crippen MR) is 36.9 cm³/mol. The minimum absolute atomic E-state index is 0. The molecular weight excluding hydrogens is 165 g/mol. The van der Waals surface area contributed by atoms with E-state index in [0.717, 1.165) is 0 Å². The Morgan fingerprint density at radius 3 is 0.667 bits per heavy atom. The van der Waals surface area contributed by atoms with Crippen LogP contribution in [0.15, 0.2) is 0 Å². The van der Waals surface area contributed by atoms with Crippen molar-refractivity contribution >= 4 is 48.9 Å². The molecule has 0 fully saturated rings. The van der Waals surface area contributed by atoms with Crippen molar-refractivity contribution in [2.75, 3.05) is 0 Å². The van der Waals surface area contributed by atoms with E-state index in [4.69, 9.17) is 0 Å². The van der Waals surface area contributed by atoms with Gasteiger partial charge in [-0.3, -0.25) is 0 Å². The van der Waals surface area contributed by atoms with E-state index in [1.807, 2.05) is 0 Å². The quantitative estimate of drug-likeness (QED) is 0.471. The van der Waals surface area contributed by atoms with Gasteiger partial charge in [-0.15, -0.1) is 17.4 Å². The molecule has 0 amide bonds. The van der Waals surface area contributed by atoms with E-state index < -0.39 is 0 Å². The summed E-state index contributed by atoms with van der Waals surface area (Å²) >= 11 is -0.139. The first-order valence-electron chi connectivity index (χ1n) is 1.73. The summed E-state index contributed by atoms with van der Waals surface area (Å²) in [6.45, 7) is 0. The Morgan fingerprint density at radius 1 is 0.667 bits per heavy atom. The molecule has 0 atom stereocenters. The van der Waals surface area contributed by atoms with Gasteiger partial charge in [0.05, 0.1) is 0 Å². The fraction of sp³-hybridized carbons (Fsp3) is 1.00. The average molecular weight is 174 g/mol. The molecule has 0 aromatic rings. The zero-order chi connectivity index (χ0) is 3.58. The predicted octanol–water partition coefficient (Wildman–Crippen LogP) is 0.253. The largest absolute Gasteiger partial charge is 3.00 e. The summed E-state index contributed by atoms with van der Waals surface area (Å²) in [5, 5.41) is 0. The van der Waals surface area contributed by atoms with Gasteiger partial charge in [-0.1, -0.05) is 0 Å². The maximum atomic E-state index is 2.31. The van der Waals surface area contributed by atoms with Crippen molar-refractivity contribution in [1.29, 1.82) is 0 Å². The fourth-order valence-electron chi connectivity index (χ4n) is 0. The molecule has 0 saturated carbocycles. The van der Waals surface area contributed by atoms with E-state index in [1.165, 1.54) is 0 Å². The third kappa shape index (κ3) is 243. The summed E-state index contributed by atoms with van der Waals surface area (Å²) in [7, 11) is 0. The van der Waals surface area contributed by atoms with Gasteiger partial charge in [0, 0.05) is 0 Å². The SMILES string of the molecule is [Al+3].[Al+3].[CH3][Al]([CH3])[CH3].[O-2].[O-2].[O-2]. The molecule has 3 nitrogen and oxygen atoms in total. The number of hydrogen-bond donors (Lipinski definition) is 0. The minimum atomic E-state index is -0.139. The van der Waals surface area contributed by atoms with E-state index in [9.17, 15) is 0 Å². The maximum absolute atomic E-state index is 2.31. The summed E-state index contributed by atoms with van der Waals surface area (Å²) in [4.78, 5) is 0. The average Bonchev–Trinajstić information content (AvgIpc) is 0.811. The maximum Gasteiger partial charge on any atom is 3.00 e. The first kappa shape index (κ1) is 46.9.